The average Bonchev–Trinajstić information content (AvgIpc) is 3.40. The second kappa shape index (κ2) is 6.61. The Kier molecular flexibility index (Phi) is 3.82. The fraction of sp³-hybridized carbons (Fsp3) is 0.176. The summed E-state index contributed by atoms with van der Waals surface area (Å²) in [4.78, 5) is 27.0. The molecule has 0 unspecified atom stereocenters. The topological polar surface area (TPSA) is 129 Å². The van der Waals surface area contributed by atoms with E-state index in [-0.39, 0.29) is 11.8 Å². The molecule has 11 nitrogen and oxygen atoms in total. The number of carbonyl (C=O) groups excluding carboxylic acids is 1. The molecule has 1 aliphatic heterocycles. The summed E-state index contributed by atoms with van der Waals surface area (Å²) in [7, 11) is 0. The lowest BCUT2D eigenvalue weighted by molar-refractivity contribution is 0.0569. The minimum Gasteiger partial charge on any atom is -0.338 e. The predicted molar refractivity (Wildman–Crippen MR) is 93.1 cm³/mol. The van der Waals surface area contributed by atoms with Crippen molar-refractivity contribution >= 4 is 5.91 Å². The van der Waals surface area contributed by atoms with E-state index in [0.717, 1.165) is 5.69 Å². The van der Waals surface area contributed by atoms with Gasteiger partial charge in [0, 0.05) is 31.0 Å². The minimum atomic E-state index is -0.0719. The van der Waals surface area contributed by atoms with E-state index < -0.39 is 0 Å². The standard InChI is InChI=1S/C17H13N9O2/c27-17(11-3-1-4-13(7-11)26-10-20-23-24-26)25-8-12(9-25)16-21-15(22-28-16)14-18-5-2-6-19-14/h1-7,10,12H,8-9H2. The maximum atomic E-state index is 12.7. The summed E-state index contributed by atoms with van der Waals surface area (Å²) in [5, 5.41) is 15.0. The van der Waals surface area contributed by atoms with Crippen molar-refractivity contribution in [2.45, 2.75) is 5.92 Å². The summed E-state index contributed by atoms with van der Waals surface area (Å²) in [6.07, 6.45) is 4.71. The Morgan fingerprint density at radius 1 is 1.11 bits per heavy atom. The van der Waals surface area contributed by atoms with Gasteiger partial charge in [-0.25, -0.2) is 14.6 Å². The zero-order valence-electron chi connectivity index (χ0n) is 14.5. The van der Waals surface area contributed by atoms with Crippen LogP contribution in [-0.4, -0.2) is 64.2 Å². The highest BCUT2D eigenvalue weighted by Gasteiger charge is 2.36. The molecule has 4 aromatic rings. The van der Waals surface area contributed by atoms with Crippen LogP contribution in [0.25, 0.3) is 17.3 Å². The summed E-state index contributed by atoms with van der Waals surface area (Å²) < 4.78 is 6.82. The summed E-state index contributed by atoms with van der Waals surface area (Å²) >= 11 is 0. The molecular weight excluding hydrogens is 362 g/mol. The van der Waals surface area contributed by atoms with Crippen LogP contribution in [0.5, 0.6) is 0 Å². The monoisotopic (exact) mass is 375 g/mol. The number of carbonyl (C=O) groups is 1. The van der Waals surface area contributed by atoms with Gasteiger partial charge in [0.05, 0.1) is 11.6 Å². The molecule has 0 spiro atoms. The Morgan fingerprint density at radius 3 is 2.75 bits per heavy atom. The summed E-state index contributed by atoms with van der Waals surface area (Å²) in [5.41, 5.74) is 1.28. The maximum absolute atomic E-state index is 12.7. The van der Waals surface area contributed by atoms with Crippen LogP contribution >= 0.6 is 0 Å². The zero-order valence-corrected chi connectivity index (χ0v) is 14.5. The van der Waals surface area contributed by atoms with Crippen molar-refractivity contribution in [3.05, 3.63) is 60.5 Å². The number of rotatable bonds is 4. The van der Waals surface area contributed by atoms with Gasteiger partial charge in [-0.2, -0.15) is 4.98 Å². The summed E-state index contributed by atoms with van der Waals surface area (Å²) in [6.45, 7) is 1.01. The molecule has 1 fully saturated rings. The second-order valence-corrected chi connectivity index (χ2v) is 6.24. The number of aromatic nitrogens is 8. The number of hydrogen-bond donors (Lipinski definition) is 0. The van der Waals surface area contributed by atoms with Crippen LogP contribution in [0.1, 0.15) is 22.2 Å². The van der Waals surface area contributed by atoms with Crippen LogP contribution in [0.2, 0.25) is 0 Å². The lowest BCUT2D eigenvalue weighted by Gasteiger charge is -2.37. The number of tetrazole rings is 1. The third-order valence-electron chi connectivity index (χ3n) is 4.43. The first kappa shape index (κ1) is 16.2. The van der Waals surface area contributed by atoms with Gasteiger partial charge in [-0.3, -0.25) is 4.79 Å². The molecule has 0 atom stereocenters. The van der Waals surface area contributed by atoms with Gasteiger partial charge in [-0.15, -0.1) is 5.10 Å². The molecule has 0 saturated carbocycles. The van der Waals surface area contributed by atoms with Gasteiger partial charge in [-0.1, -0.05) is 11.2 Å². The Labute approximate surface area is 158 Å². The van der Waals surface area contributed by atoms with Gasteiger partial charge in [0.2, 0.25) is 17.5 Å². The number of hydrogen-bond acceptors (Lipinski definition) is 9. The smallest absolute Gasteiger partial charge is 0.253 e. The summed E-state index contributed by atoms with van der Waals surface area (Å²) in [5.74, 6) is 1.15. The van der Waals surface area contributed by atoms with E-state index in [1.54, 1.807) is 41.6 Å². The lowest BCUT2D eigenvalue weighted by atomic mass is 9.98. The molecular formula is C17H13N9O2. The molecule has 5 rings (SSSR count). The fourth-order valence-corrected chi connectivity index (χ4v) is 2.95. The molecule has 1 aromatic carbocycles. The number of likely N-dealkylation sites (tertiary alicyclic amines) is 1. The highest BCUT2D eigenvalue weighted by atomic mass is 16.5. The Morgan fingerprint density at radius 2 is 1.96 bits per heavy atom. The summed E-state index contributed by atoms with van der Waals surface area (Å²) in [6, 6.07) is 8.86. The van der Waals surface area contributed by atoms with Crippen LogP contribution in [0.15, 0.2) is 53.6 Å². The second-order valence-electron chi connectivity index (χ2n) is 6.24. The lowest BCUT2D eigenvalue weighted by Crippen LogP contribution is -2.48. The van der Waals surface area contributed by atoms with Gasteiger partial charge in [0.25, 0.3) is 5.91 Å². The van der Waals surface area contributed by atoms with Crippen molar-refractivity contribution in [2.75, 3.05) is 13.1 Å². The molecule has 0 radical (unpaired) electrons. The normalized spacial score (nSPS) is 14.1. The van der Waals surface area contributed by atoms with E-state index >= 15 is 0 Å². The Hall–Kier alpha value is -4.02. The molecule has 0 aliphatic carbocycles. The molecule has 11 heteroatoms. The third-order valence-corrected chi connectivity index (χ3v) is 4.43. The number of nitrogens with zero attached hydrogens (tertiary/aromatic N) is 9. The number of benzene rings is 1. The van der Waals surface area contributed by atoms with E-state index in [0.29, 0.717) is 36.2 Å². The molecule has 1 saturated heterocycles. The van der Waals surface area contributed by atoms with Crippen LogP contribution < -0.4 is 0 Å². The first-order valence-electron chi connectivity index (χ1n) is 8.51. The predicted octanol–water partition coefficient (Wildman–Crippen LogP) is 0.742. The van der Waals surface area contributed by atoms with E-state index in [9.17, 15) is 4.79 Å². The van der Waals surface area contributed by atoms with Crippen molar-refractivity contribution in [3.8, 4) is 17.3 Å². The Bertz CT molecular complexity index is 1100. The number of amides is 1. The van der Waals surface area contributed by atoms with E-state index in [1.807, 2.05) is 6.07 Å². The van der Waals surface area contributed by atoms with Gasteiger partial charge in [0.15, 0.2) is 0 Å². The maximum Gasteiger partial charge on any atom is 0.253 e. The first-order chi connectivity index (χ1) is 13.8. The van der Waals surface area contributed by atoms with Gasteiger partial charge in [-0.05, 0) is 34.7 Å². The van der Waals surface area contributed by atoms with Crippen LogP contribution in [0.4, 0.5) is 0 Å². The van der Waals surface area contributed by atoms with Crippen LogP contribution in [-0.2, 0) is 0 Å². The van der Waals surface area contributed by atoms with Crippen molar-refractivity contribution in [1.29, 1.82) is 0 Å². The first-order valence-corrected chi connectivity index (χ1v) is 8.51. The highest BCUT2D eigenvalue weighted by molar-refractivity contribution is 5.95. The fourth-order valence-electron chi connectivity index (χ4n) is 2.95. The zero-order chi connectivity index (χ0) is 18.9. The average molecular weight is 375 g/mol. The van der Waals surface area contributed by atoms with Crippen molar-refractivity contribution in [3.63, 3.8) is 0 Å². The van der Waals surface area contributed by atoms with E-state index in [1.165, 1.54) is 11.0 Å². The quantitative estimate of drug-likeness (QED) is 0.507. The molecule has 28 heavy (non-hydrogen) atoms. The molecule has 138 valence electrons. The van der Waals surface area contributed by atoms with Gasteiger partial charge >= 0.3 is 0 Å². The SMILES string of the molecule is O=C(c1cccc(-n2cnnn2)c1)N1CC(c2nc(-c3ncccn3)no2)C1. The molecule has 1 amide bonds. The molecule has 0 N–H and O–H groups in total. The van der Waals surface area contributed by atoms with Crippen LogP contribution in [0.3, 0.4) is 0 Å². The molecule has 3 aromatic heterocycles. The van der Waals surface area contributed by atoms with Gasteiger partial charge < -0.3 is 9.42 Å². The largest absolute Gasteiger partial charge is 0.338 e. The van der Waals surface area contributed by atoms with Crippen molar-refractivity contribution in [1.82, 2.24) is 45.2 Å². The minimum absolute atomic E-state index is 0.00314. The van der Waals surface area contributed by atoms with Crippen LogP contribution in [0, 0.1) is 0 Å². The van der Waals surface area contributed by atoms with Crippen molar-refractivity contribution in [2.24, 2.45) is 0 Å². The third kappa shape index (κ3) is 2.88. The van der Waals surface area contributed by atoms with E-state index in [2.05, 4.69) is 35.6 Å². The molecule has 4 heterocycles. The highest BCUT2D eigenvalue weighted by Crippen LogP contribution is 2.28. The Balaban J connectivity index is 1.27. The van der Waals surface area contributed by atoms with Crippen molar-refractivity contribution < 1.29 is 9.32 Å². The van der Waals surface area contributed by atoms with E-state index in [4.69, 9.17) is 4.52 Å². The molecule has 0 bridgehead atoms. The van der Waals surface area contributed by atoms with Gasteiger partial charge in [0.1, 0.15) is 6.33 Å². The molecule has 1 aliphatic rings.